The van der Waals surface area contributed by atoms with Gasteiger partial charge in [0, 0.05) is 11.8 Å². The van der Waals surface area contributed by atoms with E-state index in [0.29, 0.717) is 4.88 Å². The molecule has 80 valence electrons. The smallest absolute Gasteiger partial charge is 0.274 e. The molecule has 1 aliphatic rings. The lowest BCUT2D eigenvalue weighted by Gasteiger charge is -2.02. The van der Waals surface area contributed by atoms with E-state index in [1.54, 1.807) is 0 Å². The van der Waals surface area contributed by atoms with Crippen molar-refractivity contribution in [3.63, 3.8) is 0 Å². The molecule has 5 heteroatoms. The molecule has 0 atom stereocenters. The molecule has 0 fully saturated rings. The van der Waals surface area contributed by atoms with Crippen LogP contribution in [-0.2, 0) is 17.6 Å². The molecule has 2 rings (SSSR count). The summed E-state index contributed by atoms with van der Waals surface area (Å²) in [5.41, 5.74) is 5.92. The molecule has 2 N–H and O–H groups in total. The van der Waals surface area contributed by atoms with E-state index in [1.165, 1.54) is 35.1 Å². The quantitative estimate of drug-likeness (QED) is 0.700. The Hall–Kier alpha value is -1.36. The average molecular weight is 224 g/mol. The van der Waals surface area contributed by atoms with Gasteiger partial charge in [-0.05, 0) is 30.9 Å². The Balaban J connectivity index is 2.03. The molecule has 1 heterocycles. The van der Waals surface area contributed by atoms with E-state index in [2.05, 4.69) is 10.9 Å². The number of carbonyl (C=O) groups excluding carboxylic acids is 2. The molecule has 1 aliphatic carbocycles. The maximum atomic E-state index is 11.5. The lowest BCUT2D eigenvalue weighted by atomic mass is 10.2. The highest BCUT2D eigenvalue weighted by molar-refractivity contribution is 7.14. The van der Waals surface area contributed by atoms with Crippen molar-refractivity contribution in [2.24, 2.45) is 0 Å². The fourth-order valence-electron chi connectivity index (χ4n) is 1.65. The third-order valence-electron chi connectivity index (χ3n) is 2.32. The van der Waals surface area contributed by atoms with Crippen LogP contribution < -0.4 is 10.9 Å². The van der Waals surface area contributed by atoms with Crippen molar-refractivity contribution >= 4 is 23.2 Å². The first-order chi connectivity index (χ1) is 7.16. The van der Waals surface area contributed by atoms with Crippen LogP contribution in [0.25, 0.3) is 0 Å². The van der Waals surface area contributed by atoms with Crippen LogP contribution in [0.15, 0.2) is 6.07 Å². The number of hydrogen-bond donors (Lipinski definition) is 2. The average Bonchev–Trinajstić information content (AvgIpc) is 2.72. The Kier molecular flexibility index (Phi) is 2.73. The van der Waals surface area contributed by atoms with Crippen molar-refractivity contribution in [2.45, 2.75) is 26.2 Å². The van der Waals surface area contributed by atoms with Gasteiger partial charge < -0.3 is 0 Å². The molecular formula is C10H12N2O2S. The number of carbonyl (C=O) groups is 2. The summed E-state index contributed by atoms with van der Waals surface area (Å²) in [6.07, 6.45) is 3.33. The van der Waals surface area contributed by atoms with Crippen molar-refractivity contribution in [3.8, 4) is 0 Å². The summed E-state index contributed by atoms with van der Waals surface area (Å²) >= 11 is 1.52. The minimum atomic E-state index is -0.271. The van der Waals surface area contributed by atoms with Crippen molar-refractivity contribution in [1.82, 2.24) is 10.9 Å². The zero-order chi connectivity index (χ0) is 10.8. The second-order valence-corrected chi connectivity index (χ2v) is 4.68. The van der Waals surface area contributed by atoms with E-state index in [1.807, 2.05) is 6.07 Å². The Morgan fingerprint density at radius 1 is 1.33 bits per heavy atom. The number of nitrogens with one attached hydrogen (secondary N) is 2. The molecule has 0 saturated carbocycles. The van der Waals surface area contributed by atoms with Gasteiger partial charge in [-0.15, -0.1) is 11.3 Å². The summed E-state index contributed by atoms with van der Waals surface area (Å²) in [4.78, 5) is 24.1. The lowest BCUT2D eigenvalue weighted by Crippen LogP contribution is -2.39. The summed E-state index contributed by atoms with van der Waals surface area (Å²) in [5.74, 6) is -0.503. The van der Waals surface area contributed by atoms with E-state index < -0.39 is 0 Å². The van der Waals surface area contributed by atoms with E-state index in [4.69, 9.17) is 0 Å². The van der Waals surface area contributed by atoms with Gasteiger partial charge in [-0.1, -0.05) is 0 Å². The van der Waals surface area contributed by atoms with Crippen LogP contribution >= 0.6 is 11.3 Å². The van der Waals surface area contributed by atoms with E-state index in [-0.39, 0.29) is 11.8 Å². The number of amides is 2. The molecule has 0 aromatic carbocycles. The Bertz CT molecular complexity index is 390. The second-order valence-electron chi connectivity index (χ2n) is 3.55. The first-order valence-corrected chi connectivity index (χ1v) is 5.67. The van der Waals surface area contributed by atoms with Crippen molar-refractivity contribution in [3.05, 3.63) is 21.4 Å². The van der Waals surface area contributed by atoms with Crippen LogP contribution in [0.2, 0.25) is 0 Å². The molecular weight excluding hydrogens is 212 g/mol. The van der Waals surface area contributed by atoms with Crippen LogP contribution in [0.3, 0.4) is 0 Å². The largest absolute Gasteiger partial charge is 0.279 e. The SMILES string of the molecule is CC(=O)NNC(=O)c1cc2c(s1)CCC2. The molecule has 0 saturated heterocycles. The summed E-state index contributed by atoms with van der Waals surface area (Å²) < 4.78 is 0. The van der Waals surface area contributed by atoms with Gasteiger partial charge in [0.25, 0.3) is 5.91 Å². The monoisotopic (exact) mass is 224 g/mol. The highest BCUT2D eigenvalue weighted by Gasteiger charge is 2.18. The summed E-state index contributed by atoms with van der Waals surface area (Å²) in [7, 11) is 0. The van der Waals surface area contributed by atoms with Crippen LogP contribution in [-0.4, -0.2) is 11.8 Å². The first-order valence-electron chi connectivity index (χ1n) is 4.85. The zero-order valence-electron chi connectivity index (χ0n) is 8.42. The van der Waals surface area contributed by atoms with Crippen LogP contribution in [0.4, 0.5) is 0 Å². The highest BCUT2D eigenvalue weighted by Crippen LogP contribution is 2.30. The number of rotatable bonds is 1. The van der Waals surface area contributed by atoms with Gasteiger partial charge in [0.15, 0.2) is 0 Å². The first kappa shape index (κ1) is 10.2. The minimum absolute atomic E-state index is 0.232. The van der Waals surface area contributed by atoms with Gasteiger partial charge in [-0.3, -0.25) is 20.4 Å². The fraction of sp³-hybridized carbons (Fsp3) is 0.400. The molecule has 0 radical (unpaired) electrons. The van der Waals surface area contributed by atoms with Crippen molar-refractivity contribution in [1.29, 1.82) is 0 Å². The Morgan fingerprint density at radius 3 is 2.80 bits per heavy atom. The predicted molar refractivity (Wildman–Crippen MR) is 57.6 cm³/mol. The van der Waals surface area contributed by atoms with Gasteiger partial charge in [-0.25, -0.2) is 0 Å². The van der Waals surface area contributed by atoms with E-state index >= 15 is 0 Å². The molecule has 0 bridgehead atoms. The van der Waals surface area contributed by atoms with Gasteiger partial charge in [0.2, 0.25) is 5.91 Å². The van der Waals surface area contributed by atoms with E-state index in [0.717, 1.165) is 12.8 Å². The second kappa shape index (κ2) is 4.02. The number of hydrazine groups is 1. The van der Waals surface area contributed by atoms with Gasteiger partial charge in [-0.2, -0.15) is 0 Å². The standard InChI is InChI=1S/C10H12N2O2S/c1-6(13)11-12-10(14)9-5-7-3-2-4-8(7)15-9/h5H,2-4H2,1H3,(H,11,13)(H,12,14). The van der Waals surface area contributed by atoms with Crippen molar-refractivity contribution in [2.75, 3.05) is 0 Å². The predicted octanol–water partition coefficient (Wildman–Crippen LogP) is 1.02. The molecule has 1 aromatic rings. The van der Waals surface area contributed by atoms with E-state index in [9.17, 15) is 9.59 Å². The van der Waals surface area contributed by atoms with Gasteiger partial charge in [0.05, 0.1) is 4.88 Å². The molecule has 0 aliphatic heterocycles. The number of fused-ring (bicyclic) bond motifs is 1. The Morgan fingerprint density at radius 2 is 2.13 bits per heavy atom. The maximum absolute atomic E-state index is 11.5. The number of thiophene rings is 1. The fourth-order valence-corrected chi connectivity index (χ4v) is 2.80. The summed E-state index contributed by atoms with van der Waals surface area (Å²) in [6, 6.07) is 1.92. The van der Waals surface area contributed by atoms with Gasteiger partial charge in [0.1, 0.15) is 0 Å². The number of hydrogen-bond acceptors (Lipinski definition) is 3. The molecule has 15 heavy (non-hydrogen) atoms. The summed E-state index contributed by atoms with van der Waals surface area (Å²) in [5, 5.41) is 0. The van der Waals surface area contributed by atoms with Gasteiger partial charge >= 0.3 is 0 Å². The highest BCUT2D eigenvalue weighted by atomic mass is 32.1. The third-order valence-corrected chi connectivity index (χ3v) is 3.56. The third kappa shape index (κ3) is 2.18. The van der Waals surface area contributed by atoms with Crippen LogP contribution in [0.5, 0.6) is 0 Å². The van der Waals surface area contributed by atoms with Crippen LogP contribution in [0, 0.1) is 0 Å². The van der Waals surface area contributed by atoms with Crippen LogP contribution in [0.1, 0.15) is 33.5 Å². The molecule has 4 nitrogen and oxygen atoms in total. The topological polar surface area (TPSA) is 58.2 Å². The maximum Gasteiger partial charge on any atom is 0.279 e. The lowest BCUT2D eigenvalue weighted by molar-refractivity contribution is -0.119. The molecule has 0 spiro atoms. The zero-order valence-corrected chi connectivity index (χ0v) is 9.24. The normalized spacial score (nSPS) is 13.4. The Labute approximate surface area is 91.6 Å². The molecule has 2 amide bonds. The van der Waals surface area contributed by atoms with Crippen molar-refractivity contribution < 1.29 is 9.59 Å². The minimum Gasteiger partial charge on any atom is -0.274 e. The summed E-state index contributed by atoms with van der Waals surface area (Å²) in [6.45, 7) is 1.36. The molecule has 0 unspecified atom stereocenters. The number of aryl methyl sites for hydroxylation is 2. The molecule has 1 aromatic heterocycles.